The fourth-order valence-corrected chi connectivity index (χ4v) is 2.87. The highest BCUT2D eigenvalue weighted by atomic mass is 19.1. The van der Waals surface area contributed by atoms with Crippen molar-refractivity contribution >= 4 is 5.96 Å². The van der Waals surface area contributed by atoms with Crippen LogP contribution in [0.25, 0.3) is 0 Å². The first kappa shape index (κ1) is 20.4. The number of hydrogen-bond donors (Lipinski definition) is 2. The van der Waals surface area contributed by atoms with Gasteiger partial charge in [0.1, 0.15) is 6.10 Å². The Morgan fingerprint density at radius 1 is 1.17 bits per heavy atom. The average molecular weight is 395 g/mol. The van der Waals surface area contributed by atoms with Gasteiger partial charge in [0, 0.05) is 32.5 Å². The molecule has 0 spiro atoms. The van der Waals surface area contributed by atoms with Crippen molar-refractivity contribution in [3.05, 3.63) is 84.2 Å². The largest absolute Gasteiger partial charge is 0.486 e. The van der Waals surface area contributed by atoms with E-state index >= 15 is 0 Å². The second kappa shape index (κ2) is 10.3. The van der Waals surface area contributed by atoms with Crippen molar-refractivity contribution in [2.24, 2.45) is 4.99 Å². The van der Waals surface area contributed by atoms with Crippen LogP contribution in [-0.4, -0.2) is 35.2 Å². The molecular formula is C22H26FN5O. The summed E-state index contributed by atoms with van der Waals surface area (Å²) in [5, 5.41) is 6.50. The molecule has 0 radical (unpaired) electrons. The molecule has 1 aromatic heterocycles. The van der Waals surface area contributed by atoms with E-state index in [9.17, 15) is 4.39 Å². The summed E-state index contributed by atoms with van der Waals surface area (Å²) in [4.78, 5) is 8.31. The Hall–Kier alpha value is -3.35. The highest BCUT2D eigenvalue weighted by Crippen LogP contribution is 2.16. The van der Waals surface area contributed by atoms with Crippen LogP contribution in [0.3, 0.4) is 0 Å². The van der Waals surface area contributed by atoms with Gasteiger partial charge in [-0.2, -0.15) is 0 Å². The number of aromatic nitrogens is 2. The quantitative estimate of drug-likeness (QED) is 0.454. The summed E-state index contributed by atoms with van der Waals surface area (Å²) in [5.74, 6) is 0.547. The third kappa shape index (κ3) is 6.34. The minimum atomic E-state index is -0.363. The lowest BCUT2D eigenvalue weighted by Gasteiger charge is -2.18. The molecule has 0 fully saturated rings. The molecule has 0 saturated carbocycles. The summed E-state index contributed by atoms with van der Waals surface area (Å²) in [6, 6.07) is 14.8. The Kier molecular flexibility index (Phi) is 7.22. The molecule has 1 unspecified atom stereocenters. The number of guanidine groups is 1. The summed E-state index contributed by atoms with van der Waals surface area (Å²) in [6.07, 6.45) is 5.31. The summed E-state index contributed by atoms with van der Waals surface area (Å²) >= 11 is 0. The molecule has 29 heavy (non-hydrogen) atoms. The summed E-state index contributed by atoms with van der Waals surface area (Å²) in [7, 11) is 1.72. The van der Waals surface area contributed by atoms with Gasteiger partial charge in [0.15, 0.2) is 17.5 Å². The molecule has 0 amide bonds. The van der Waals surface area contributed by atoms with Crippen LogP contribution < -0.4 is 15.4 Å². The Morgan fingerprint density at radius 2 is 2.00 bits per heavy atom. The van der Waals surface area contributed by atoms with E-state index in [1.54, 1.807) is 37.8 Å². The zero-order chi connectivity index (χ0) is 20.5. The van der Waals surface area contributed by atoms with Crippen LogP contribution in [0.2, 0.25) is 0 Å². The van der Waals surface area contributed by atoms with Crippen LogP contribution in [0.5, 0.6) is 5.75 Å². The Bertz CT molecular complexity index is 926. The summed E-state index contributed by atoms with van der Waals surface area (Å²) in [5.41, 5.74) is 2.36. The van der Waals surface area contributed by atoms with E-state index in [2.05, 4.69) is 38.8 Å². The van der Waals surface area contributed by atoms with Crippen molar-refractivity contribution in [2.75, 3.05) is 13.6 Å². The van der Waals surface area contributed by atoms with E-state index in [-0.39, 0.29) is 17.7 Å². The predicted octanol–water partition coefficient (Wildman–Crippen LogP) is 3.20. The number of imidazole rings is 1. The highest BCUT2D eigenvalue weighted by Gasteiger charge is 2.09. The van der Waals surface area contributed by atoms with Crippen molar-refractivity contribution in [2.45, 2.75) is 26.1 Å². The molecule has 0 saturated heterocycles. The van der Waals surface area contributed by atoms with Gasteiger partial charge in [0.2, 0.25) is 0 Å². The van der Waals surface area contributed by atoms with Crippen LogP contribution in [0, 0.1) is 5.82 Å². The predicted molar refractivity (Wildman–Crippen MR) is 112 cm³/mol. The Morgan fingerprint density at radius 3 is 2.76 bits per heavy atom. The molecule has 7 heteroatoms. The number of para-hydroxylation sites is 1. The lowest BCUT2D eigenvalue weighted by Crippen LogP contribution is -2.41. The van der Waals surface area contributed by atoms with E-state index in [0.29, 0.717) is 19.0 Å². The van der Waals surface area contributed by atoms with Crippen molar-refractivity contribution in [1.82, 2.24) is 20.2 Å². The Balaban J connectivity index is 1.47. The van der Waals surface area contributed by atoms with Crippen LogP contribution in [0.1, 0.15) is 18.1 Å². The van der Waals surface area contributed by atoms with Gasteiger partial charge in [0.05, 0.1) is 12.9 Å². The van der Waals surface area contributed by atoms with Gasteiger partial charge in [-0.25, -0.2) is 9.37 Å². The van der Waals surface area contributed by atoms with Gasteiger partial charge in [-0.05, 0) is 30.2 Å². The molecule has 0 aliphatic heterocycles. The molecule has 1 heterocycles. The summed E-state index contributed by atoms with van der Waals surface area (Å²) < 4.78 is 21.4. The normalized spacial score (nSPS) is 12.4. The fourth-order valence-electron chi connectivity index (χ4n) is 2.87. The molecule has 3 rings (SSSR count). The number of benzene rings is 2. The number of aliphatic imine (C=N–C) groups is 1. The van der Waals surface area contributed by atoms with Gasteiger partial charge < -0.3 is 19.9 Å². The molecule has 0 aliphatic carbocycles. The highest BCUT2D eigenvalue weighted by molar-refractivity contribution is 5.79. The minimum absolute atomic E-state index is 0.219. The number of ether oxygens (including phenoxy) is 1. The number of rotatable bonds is 8. The van der Waals surface area contributed by atoms with Crippen molar-refractivity contribution in [3.8, 4) is 5.75 Å². The molecule has 0 bridgehead atoms. The average Bonchev–Trinajstić information content (AvgIpc) is 3.23. The number of nitrogens with one attached hydrogen (secondary N) is 2. The number of nitrogens with zero attached hydrogens (tertiary/aromatic N) is 3. The van der Waals surface area contributed by atoms with E-state index in [0.717, 1.165) is 12.1 Å². The first-order chi connectivity index (χ1) is 14.1. The second-order valence-electron chi connectivity index (χ2n) is 6.72. The van der Waals surface area contributed by atoms with Crippen LogP contribution in [0.15, 0.2) is 72.2 Å². The van der Waals surface area contributed by atoms with Gasteiger partial charge in [-0.15, -0.1) is 0 Å². The van der Waals surface area contributed by atoms with Crippen molar-refractivity contribution in [1.29, 1.82) is 0 Å². The van der Waals surface area contributed by atoms with E-state index < -0.39 is 0 Å². The molecule has 152 valence electrons. The van der Waals surface area contributed by atoms with Crippen molar-refractivity contribution < 1.29 is 9.13 Å². The van der Waals surface area contributed by atoms with Gasteiger partial charge in [-0.3, -0.25) is 4.99 Å². The standard InChI is InChI=1S/C22H26FN5O/c1-17(29-21-9-4-3-8-20(21)23)13-26-22(24-2)27-14-18-6-5-7-19(12-18)15-28-11-10-25-16-28/h3-12,16-17H,13-15H2,1-2H3,(H2,24,26,27). The van der Waals surface area contributed by atoms with E-state index in [4.69, 9.17) is 4.74 Å². The molecule has 1 atom stereocenters. The summed E-state index contributed by atoms with van der Waals surface area (Å²) in [6.45, 7) is 3.80. The van der Waals surface area contributed by atoms with Gasteiger partial charge in [-0.1, -0.05) is 36.4 Å². The van der Waals surface area contributed by atoms with Crippen molar-refractivity contribution in [3.63, 3.8) is 0 Å². The SMILES string of the molecule is CN=C(NCc1cccc(Cn2ccnc2)c1)NCC(C)Oc1ccccc1F. The smallest absolute Gasteiger partial charge is 0.191 e. The monoisotopic (exact) mass is 395 g/mol. The minimum Gasteiger partial charge on any atom is -0.486 e. The van der Waals surface area contributed by atoms with E-state index in [1.165, 1.54) is 11.6 Å². The lowest BCUT2D eigenvalue weighted by molar-refractivity contribution is 0.214. The molecule has 3 aromatic rings. The second-order valence-corrected chi connectivity index (χ2v) is 6.72. The topological polar surface area (TPSA) is 63.5 Å². The zero-order valence-electron chi connectivity index (χ0n) is 16.7. The number of halogens is 1. The first-order valence-electron chi connectivity index (χ1n) is 9.53. The van der Waals surface area contributed by atoms with Gasteiger partial charge in [0.25, 0.3) is 0 Å². The zero-order valence-corrected chi connectivity index (χ0v) is 16.7. The van der Waals surface area contributed by atoms with Gasteiger partial charge >= 0.3 is 0 Å². The Labute approximate surface area is 170 Å². The lowest BCUT2D eigenvalue weighted by atomic mass is 10.1. The maximum Gasteiger partial charge on any atom is 0.191 e. The molecule has 2 N–H and O–H groups in total. The molecular weight excluding hydrogens is 369 g/mol. The molecule has 6 nitrogen and oxygen atoms in total. The molecule has 2 aromatic carbocycles. The maximum absolute atomic E-state index is 13.7. The first-order valence-corrected chi connectivity index (χ1v) is 9.53. The van der Waals surface area contributed by atoms with Crippen LogP contribution in [-0.2, 0) is 13.1 Å². The van der Waals surface area contributed by atoms with E-state index in [1.807, 2.05) is 23.8 Å². The third-order valence-corrected chi connectivity index (χ3v) is 4.32. The van der Waals surface area contributed by atoms with Crippen LogP contribution in [0.4, 0.5) is 4.39 Å². The van der Waals surface area contributed by atoms with Crippen LogP contribution >= 0.6 is 0 Å². The number of hydrogen-bond acceptors (Lipinski definition) is 3. The molecule has 0 aliphatic rings. The third-order valence-electron chi connectivity index (χ3n) is 4.32. The maximum atomic E-state index is 13.7. The fraction of sp³-hybridized carbons (Fsp3) is 0.273.